The van der Waals surface area contributed by atoms with E-state index in [0.29, 0.717) is 24.7 Å². The summed E-state index contributed by atoms with van der Waals surface area (Å²) in [5.41, 5.74) is 0.992. The first-order chi connectivity index (χ1) is 11.5. The molecule has 2 aromatic rings. The molecule has 0 bridgehead atoms. The number of rotatable bonds is 3. The van der Waals surface area contributed by atoms with Crippen LogP contribution in [-0.2, 0) is 11.2 Å². The van der Waals surface area contributed by atoms with Crippen molar-refractivity contribution < 1.29 is 13.6 Å². The number of halogens is 3. The van der Waals surface area contributed by atoms with Gasteiger partial charge in [0.05, 0.1) is 12.5 Å². The first kappa shape index (κ1) is 16.9. The summed E-state index contributed by atoms with van der Waals surface area (Å²) in [4.78, 5) is 14.4. The van der Waals surface area contributed by atoms with E-state index in [-0.39, 0.29) is 23.9 Å². The molecule has 1 amide bonds. The van der Waals surface area contributed by atoms with Gasteiger partial charge in [-0.15, -0.1) is 0 Å². The van der Waals surface area contributed by atoms with Gasteiger partial charge in [-0.25, -0.2) is 8.78 Å². The zero-order valence-electron chi connectivity index (χ0n) is 12.9. The van der Waals surface area contributed by atoms with Crippen molar-refractivity contribution in [3.63, 3.8) is 0 Å². The molecule has 0 saturated carbocycles. The normalized spacial score (nSPS) is 17.8. The number of carbonyl (C=O) groups is 1. The number of amides is 1. The Balaban J connectivity index is 1.82. The Morgan fingerprint density at radius 1 is 1.25 bits per heavy atom. The van der Waals surface area contributed by atoms with Gasteiger partial charge in [-0.1, -0.05) is 23.7 Å². The van der Waals surface area contributed by atoms with Crippen molar-refractivity contribution in [3.8, 4) is 0 Å². The fourth-order valence-corrected chi connectivity index (χ4v) is 3.16. The van der Waals surface area contributed by atoms with Gasteiger partial charge in [-0.05, 0) is 35.9 Å². The maximum atomic E-state index is 13.8. The van der Waals surface area contributed by atoms with Gasteiger partial charge in [-0.2, -0.15) is 0 Å². The lowest BCUT2D eigenvalue weighted by Gasteiger charge is -2.36. The third kappa shape index (κ3) is 3.74. The molecule has 1 N–H and O–H groups in total. The van der Waals surface area contributed by atoms with Crippen LogP contribution in [0.2, 0.25) is 5.02 Å². The van der Waals surface area contributed by atoms with E-state index >= 15 is 0 Å². The van der Waals surface area contributed by atoms with Crippen LogP contribution >= 0.6 is 11.6 Å². The van der Waals surface area contributed by atoms with Crippen molar-refractivity contribution in [2.75, 3.05) is 19.6 Å². The summed E-state index contributed by atoms with van der Waals surface area (Å²) in [6.07, 6.45) is -0.166. The molecule has 0 aliphatic carbocycles. The Morgan fingerprint density at radius 2 is 2.08 bits per heavy atom. The number of nitrogens with zero attached hydrogens (tertiary/aromatic N) is 1. The molecule has 1 atom stereocenters. The molecule has 1 aliphatic heterocycles. The van der Waals surface area contributed by atoms with E-state index in [1.807, 2.05) is 18.2 Å². The van der Waals surface area contributed by atoms with E-state index in [4.69, 9.17) is 11.6 Å². The van der Waals surface area contributed by atoms with Crippen LogP contribution in [-0.4, -0.2) is 30.4 Å². The van der Waals surface area contributed by atoms with Crippen LogP contribution in [0.3, 0.4) is 0 Å². The number of benzene rings is 2. The second kappa shape index (κ2) is 7.28. The first-order valence-electron chi connectivity index (χ1n) is 7.74. The van der Waals surface area contributed by atoms with Crippen molar-refractivity contribution >= 4 is 17.5 Å². The molecular formula is C18H17ClF2N2O. The van der Waals surface area contributed by atoms with Crippen molar-refractivity contribution in [1.29, 1.82) is 0 Å². The van der Waals surface area contributed by atoms with Crippen LogP contribution in [0.5, 0.6) is 0 Å². The molecule has 1 unspecified atom stereocenters. The summed E-state index contributed by atoms with van der Waals surface area (Å²) in [5, 5.41) is 3.85. The summed E-state index contributed by atoms with van der Waals surface area (Å²) in [6, 6.07) is 10.3. The highest BCUT2D eigenvalue weighted by atomic mass is 35.5. The van der Waals surface area contributed by atoms with Gasteiger partial charge in [-0.3, -0.25) is 4.79 Å². The zero-order chi connectivity index (χ0) is 17.1. The molecule has 0 spiro atoms. The Bertz CT molecular complexity index is 754. The highest BCUT2D eigenvalue weighted by Crippen LogP contribution is 2.25. The molecule has 24 heavy (non-hydrogen) atoms. The van der Waals surface area contributed by atoms with Crippen molar-refractivity contribution in [2.45, 2.75) is 12.5 Å². The third-order valence-corrected chi connectivity index (χ3v) is 4.38. The van der Waals surface area contributed by atoms with Gasteiger partial charge in [0.15, 0.2) is 0 Å². The standard InChI is InChI=1S/C18H17ClF2N2O/c19-14-3-1-2-12(8-14)17-11-22-6-7-23(17)18(24)10-13-9-15(20)4-5-16(13)21/h1-5,8-9,17,22H,6-7,10-11H2. The minimum absolute atomic E-state index is 0.0726. The van der Waals surface area contributed by atoms with Gasteiger partial charge in [0.1, 0.15) is 11.6 Å². The second-order valence-electron chi connectivity index (χ2n) is 5.77. The lowest BCUT2D eigenvalue weighted by atomic mass is 10.0. The molecule has 126 valence electrons. The monoisotopic (exact) mass is 350 g/mol. The van der Waals surface area contributed by atoms with Crippen LogP contribution in [0, 0.1) is 11.6 Å². The van der Waals surface area contributed by atoms with E-state index < -0.39 is 11.6 Å². The molecule has 0 aromatic heterocycles. The first-order valence-corrected chi connectivity index (χ1v) is 8.12. The van der Waals surface area contributed by atoms with E-state index in [9.17, 15) is 13.6 Å². The number of carbonyl (C=O) groups excluding carboxylic acids is 1. The fraction of sp³-hybridized carbons (Fsp3) is 0.278. The van der Waals surface area contributed by atoms with E-state index in [1.54, 1.807) is 11.0 Å². The van der Waals surface area contributed by atoms with Crippen molar-refractivity contribution in [1.82, 2.24) is 10.2 Å². The molecular weight excluding hydrogens is 334 g/mol. The minimum Gasteiger partial charge on any atom is -0.333 e. The Morgan fingerprint density at radius 3 is 2.88 bits per heavy atom. The number of nitrogens with one attached hydrogen (secondary N) is 1. The van der Waals surface area contributed by atoms with E-state index in [0.717, 1.165) is 23.8 Å². The molecule has 3 rings (SSSR count). The molecule has 1 saturated heterocycles. The molecule has 6 heteroatoms. The van der Waals surface area contributed by atoms with Gasteiger partial charge in [0, 0.05) is 30.2 Å². The van der Waals surface area contributed by atoms with E-state index in [2.05, 4.69) is 5.32 Å². The van der Waals surface area contributed by atoms with Crippen molar-refractivity contribution in [2.24, 2.45) is 0 Å². The van der Waals surface area contributed by atoms with Crippen LogP contribution in [0.4, 0.5) is 8.78 Å². The average Bonchev–Trinajstić information content (AvgIpc) is 2.58. The fourth-order valence-electron chi connectivity index (χ4n) is 2.96. The summed E-state index contributed by atoms with van der Waals surface area (Å²) in [7, 11) is 0. The van der Waals surface area contributed by atoms with Gasteiger partial charge < -0.3 is 10.2 Å². The number of hydrogen-bond donors (Lipinski definition) is 1. The van der Waals surface area contributed by atoms with Crippen LogP contribution in [0.15, 0.2) is 42.5 Å². The Kier molecular flexibility index (Phi) is 5.11. The van der Waals surface area contributed by atoms with Crippen LogP contribution in [0.25, 0.3) is 0 Å². The maximum Gasteiger partial charge on any atom is 0.227 e. The SMILES string of the molecule is O=C(Cc1cc(F)ccc1F)N1CCNCC1c1cccc(Cl)c1. The predicted octanol–water partition coefficient (Wildman–Crippen LogP) is 3.33. The smallest absolute Gasteiger partial charge is 0.227 e. The van der Waals surface area contributed by atoms with Crippen molar-refractivity contribution in [3.05, 3.63) is 70.2 Å². The molecule has 0 radical (unpaired) electrons. The van der Waals surface area contributed by atoms with Gasteiger partial charge in [0.25, 0.3) is 0 Å². The van der Waals surface area contributed by atoms with Crippen LogP contribution < -0.4 is 5.32 Å². The predicted molar refractivity (Wildman–Crippen MR) is 88.8 cm³/mol. The summed E-state index contributed by atoms with van der Waals surface area (Å²) < 4.78 is 27.1. The Hall–Kier alpha value is -1.98. The lowest BCUT2D eigenvalue weighted by molar-refractivity contribution is -0.133. The maximum absolute atomic E-state index is 13.8. The highest BCUT2D eigenvalue weighted by Gasteiger charge is 2.28. The third-order valence-electron chi connectivity index (χ3n) is 4.15. The molecule has 1 heterocycles. The molecule has 3 nitrogen and oxygen atoms in total. The summed E-state index contributed by atoms with van der Waals surface area (Å²) in [6.45, 7) is 1.76. The molecule has 2 aromatic carbocycles. The number of hydrogen-bond acceptors (Lipinski definition) is 2. The quantitative estimate of drug-likeness (QED) is 0.921. The van der Waals surface area contributed by atoms with E-state index in [1.165, 1.54) is 0 Å². The zero-order valence-corrected chi connectivity index (χ0v) is 13.7. The topological polar surface area (TPSA) is 32.3 Å². The lowest BCUT2D eigenvalue weighted by Crippen LogP contribution is -2.49. The summed E-state index contributed by atoms with van der Waals surface area (Å²) >= 11 is 6.04. The second-order valence-corrected chi connectivity index (χ2v) is 6.21. The summed E-state index contributed by atoms with van der Waals surface area (Å²) in [5.74, 6) is -1.35. The minimum atomic E-state index is -0.570. The molecule has 1 aliphatic rings. The van der Waals surface area contributed by atoms with Crippen LogP contribution in [0.1, 0.15) is 17.2 Å². The average molecular weight is 351 g/mol. The van der Waals surface area contributed by atoms with Gasteiger partial charge in [0.2, 0.25) is 5.91 Å². The molecule has 1 fully saturated rings. The Labute approximate surface area is 144 Å². The highest BCUT2D eigenvalue weighted by molar-refractivity contribution is 6.30. The number of piperazine rings is 1. The largest absolute Gasteiger partial charge is 0.333 e. The van der Waals surface area contributed by atoms with Gasteiger partial charge >= 0.3 is 0 Å².